The summed E-state index contributed by atoms with van der Waals surface area (Å²) in [5, 5.41) is -1.08. The van der Waals surface area contributed by atoms with E-state index >= 15 is 0 Å². The molecule has 2 radical (unpaired) electrons. The van der Waals surface area contributed by atoms with Crippen LogP contribution in [0, 0.1) is 23.7 Å². The van der Waals surface area contributed by atoms with Crippen LogP contribution in [0.3, 0.4) is 0 Å². The lowest BCUT2D eigenvalue weighted by atomic mass is 9.63. The summed E-state index contributed by atoms with van der Waals surface area (Å²) in [7, 11) is 5.92. The zero-order valence-corrected chi connectivity index (χ0v) is 16.8. The Labute approximate surface area is 167 Å². The molecule has 7 nitrogen and oxygen atoms in total. The Morgan fingerprint density at radius 3 is 2.61 bits per heavy atom. The van der Waals surface area contributed by atoms with E-state index in [1.54, 1.807) is 6.92 Å². The van der Waals surface area contributed by atoms with Gasteiger partial charge in [0.1, 0.15) is 25.9 Å². The molecule has 2 saturated heterocycles. The van der Waals surface area contributed by atoms with E-state index in [1.807, 2.05) is 13.8 Å². The van der Waals surface area contributed by atoms with Crippen molar-refractivity contribution in [2.24, 2.45) is 23.7 Å². The molecule has 0 N–H and O–H groups in total. The Bertz CT molecular complexity index is 618. The Kier molecular flexibility index (Phi) is 6.37. The van der Waals surface area contributed by atoms with Crippen LogP contribution in [0.4, 0.5) is 0 Å². The van der Waals surface area contributed by atoms with E-state index in [1.165, 1.54) is 0 Å². The second-order valence-corrected chi connectivity index (χ2v) is 8.81. The summed E-state index contributed by atoms with van der Waals surface area (Å²) in [6.45, 7) is 4.96. The maximum absolute atomic E-state index is 12.1. The highest BCUT2D eigenvalue weighted by atomic mass is 16.6. The Morgan fingerprint density at radius 1 is 1.18 bits per heavy atom. The molecule has 154 valence electrons. The van der Waals surface area contributed by atoms with Crippen LogP contribution in [0.2, 0.25) is 5.31 Å². The minimum absolute atomic E-state index is 0.0249. The van der Waals surface area contributed by atoms with Crippen LogP contribution in [-0.2, 0) is 33.3 Å². The number of hydrogen-bond donors (Lipinski definition) is 0. The first-order valence-electron chi connectivity index (χ1n) is 10.1. The third-order valence-corrected chi connectivity index (χ3v) is 6.45. The van der Waals surface area contributed by atoms with Gasteiger partial charge in [0.05, 0.1) is 19.9 Å². The van der Waals surface area contributed by atoms with E-state index in [4.69, 9.17) is 26.8 Å². The average Bonchev–Trinajstić information content (AvgIpc) is 2.79. The largest absolute Gasteiger partial charge is 0.462 e. The van der Waals surface area contributed by atoms with Gasteiger partial charge in [0.2, 0.25) is 0 Å². The monoisotopic (exact) mass is 392 g/mol. The summed E-state index contributed by atoms with van der Waals surface area (Å²) in [5.41, 5.74) is 0. The summed E-state index contributed by atoms with van der Waals surface area (Å²) in [6, 6.07) is 0. The Hall–Kier alpha value is -1.57. The van der Waals surface area contributed by atoms with Gasteiger partial charge in [0.15, 0.2) is 0 Å². The number of rotatable bonds is 8. The molecule has 4 bridgehead atoms. The van der Waals surface area contributed by atoms with Crippen molar-refractivity contribution in [2.45, 2.75) is 64.0 Å². The molecule has 6 unspecified atom stereocenters. The molecule has 2 aliphatic heterocycles. The van der Waals surface area contributed by atoms with Crippen molar-refractivity contribution < 1.29 is 33.3 Å². The molecule has 6 atom stereocenters. The molecular formula is C20H29BO7. The van der Waals surface area contributed by atoms with Crippen molar-refractivity contribution >= 4 is 25.8 Å². The summed E-state index contributed by atoms with van der Waals surface area (Å²) in [6.07, 6.45) is 3.00. The van der Waals surface area contributed by atoms with Gasteiger partial charge in [-0.1, -0.05) is 20.8 Å². The van der Waals surface area contributed by atoms with Gasteiger partial charge in [0, 0.05) is 5.31 Å². The normalized spacial score (nSPS) is 33.1. The lowest BCUT2D eigenvalue weighted by molar-refractivity contribution is -0.169. The highest BCUT2D eigenvalue weighted by Crippen LogP contribution is 2.48. The first-order chi connectivity index (χ1) is 13.2. The molecule has 2 saturated carbocycles. The lowest BCUT2D eigenvalue weighted by Crippen LogP contribution is -2.45. The topological polar surface area (TPSA) is 88.1 Å². The molecule has 0 amide bonds. The summed E-state index contributed by atoms with van der Waals surface area (Å²) in [5.74, 6) is -0.517. The minimum atomic E-state index is -1.08. The molecule has 4 aliphatic rings. The zero-order valence-electron chi connectivity index (χ0n) is 16.8. The Balaban J connectivity index is 1.38. The number of carbonyl (C=O) groups excluding carboxylic acids is 3. The number of ether oxygens (including phenoxy) is 4. The average molecular weight is 392 g/mol. The smallest absolute Gasteiger partial charge is 0.332 e. The number of hydrogen-bond acceptors (Lipinski definition) is 7. The van der Waals surface area contributed by atoms with E-state index < -0.39 is 17.3 Å². The number of carbonyl (C=O) groups is 3. The third kappa shape index (κ3) is 4.53. The van der Waals surface area contributed by atoms with Crippen molar-refractivity contribution in [2.75, 3.05) is 19.8 Å². The van der Waals surface area contributed by atoms with Crippen molar-refractivity contribution in [1.29, 1.82) is 0 Å². The standard InChI is InChI=1S/C20H29BO7/c1-11(2)20(3,21)19(24)26-5-4-25-16(22)10-27-17-13-6-12-7-14(9-13)18(23)28-15(17)8-12/h11-15,17H,4-10H2,1-3H3. The fourth-order valence-electron chi connectivity index (χ4n) is 4.40. The van der Waals surface area contributed by atoms with Crippen molar-refractivity contribution in [3.63, 3.8) is 0 Å². The molecule has 0 aromatic carbocycles. The number of fused-ring (bicyclic) bond motifs is 1. The molecule has 4 fully saturated rings. The van der Waals surface area contributed by atoms with Gasteiger partial charge in [-0.05, 0) is 43.4 Å². The highest BCUT2D eigenvalue weighted by molar-refractivity contribution is 6.26. The molecule has 2 heterocycles. The molecular weight excluding hydrogens is 363 g/mol. The number of esters is 3. The van der Waals surface area contributed by atoms with Crippen LogP contribution in [-0.4, -0.2) is 57.8 Å². The molecule has 2 aliphatic carbocycles. The van der Waals surface area contributed by atoms with Gasteiger partial charge in [-0.25, -0.2) is 4.79 Å². The van der Waals surface area contributed by atoms with Crippen molar-refractivity contribution in [3.8, 4) is 0 Å². The predicted molar refractivity (Wildman–Crippen MR) is 99.4 cm³/mol. The van der Waals surface area contributed by atoms with Crippen molar-refractivity contribution in [3.05, 3.63) is 0 Å². The van der Waals surface area contributed by atoms with Gasteiger partial charge in [-0.15, -0.1) is 0 Å². The van der Waals surface area contributed by atoms with E-state index in [9.17, 15) is 14.4 Å². The lowest BCUT2D eigenvalue weighted by Gasteiger charge is -2.41. The van der Waals surface area contributed by atoms with Gasteiger partial charge in [0.25, 0.3) is 0 Å². The maximum atomic E-state index is 12.1. The van der Waals surface area contributed by atoms with E-state index in [0.717, 1.165) is 25.7 Å². The van der Waals surface area contributed by atoms with Crippen LogP contribution in [0.15, 0.2) is 0 Å². The molecule has 0 aromatic rings. The van der Waals surface area contributed by atoms with Gasteiger partial charge >= 0.3 is 17.9 Å². The SMILES string of the molecule is [B]C(C)(C(=O)OCCOC(=O)COC1C2CC3CC(C2)C(=O)OC1C3)C(C)C. The zero-order chi connectivity index (χ0) is 20.5. The molecule has 0 aromatic heterocycles. The van der Waals surface area contributed by atoms with Crippen LogP contribution >= 0.6 is 0 Å². The molecule has 4 rings (SSSR count). The van der Waals surface area contributed by atoms with Crippen LogP contribution in [0.5, 0.6) is 0 Å². The first kappa shape index (κ1) is 21.2. The minimum Gasteiger partial charge on any atom is -0.462 e. The highest BCUT2D eigenvalue weighted by Gasteiger charge is 2.50. The van der Waals surface area contributed by atoms with Crippen molar-refractivity contribution in [1.82, 2.24) is 0 Å². The molecule has 0 spiro atoms. The fourth-order valence-corrected chi connectivity index (χ4v) is 4.40. The van der Waals surface area contributed by atoms with Gasteiger partial charge < -0.3 is 18.9 Å². The second kappa shape index (κ2) is 8.43. The van der Waals surface area contributed by atoms with Crippen LogP contribution < -0.4 is 0 Å². The summed E-state index contributed by atoms with van der Waals surface area (Å²) in [4.78, 5) is 36.0. The Morgan fingerprint density at radius 2 is 1.89 bits per heavy atom. The second-order valence-electron chi connectivity index (χ2n) is 8.81. The third-order valence-electron chi connectivity index (χ3n) is 6.45. The van der Waals surface area contributed by atoms with E-state index in [2.05, 4.69) is 0 Å². The molecule has 8 heteroatoms. The fraction of sp³-hybridized carbons (Fsp3) is 0.850. The maximum Gasteiger partial charge on any atom is 0.332 e. The summed E-state index contributed by atoms with van der Waals surface area (Å²) < 4.78 is 21.5. The van der Waals surface area contributed by atoms with Gasteiger partial charge in [-0.3, -0.25) is 9.59 Å². The quantitative estimate of drug-likeness (QED) is 0.270. The van der Waals surface area contributed by atoms with Crippen LogP contribution in [0.25, 0.3) is 0 Å². The molecule has 28 heavy (non-hydrogen) atoms. The van der Waals surface area contributed by atoms with E-state index in [0.29, 0.717) is 5.92 Å². The van der Waals surface area contributed by atoms with Gasteiger partial charge in [-0.2, -0.15) is 0 Å². The summed E-state index contributed by atoms with van der Waals surface area (Å²) >= 11 is 0. The first-order valence-corrected chi connectivity index (χ1v) is 10.1. The van der Waals surface area contributed by atoms with E-state index in [-0.39, 0.29) is 55.8 Å². The van der Waals surface area contributed by atoms with Crippen LogP contribution in [0.1, 0.15) is 46.5 Å². The predicted octanol–water partition coefficient (Wildman–Crippen LogP) is 1.82.